The monoisotopic (exact) mass is 386 g/mol. The van der Waals surface area contributed by atoms with Crippen LogP contribution in [0, 0.1) is 24.7 Å². The molecule has 28 heavy (non-hydrogen) atoms. The summed E-state index contributed by atoms with van der Waals surface area (Å²) in [5.41, 5.74) is 1.10. The van der Waals surface area contributed by atoms with E-state index in [1.807, 2.05) is 0 Å². The Hall–Kier alpha value is -2.50. The molecule has 2 N–H and O–H groups in total. The number of rotatable bonds is 5. The molecule has 6 heteroatoms. The third-order valence-electron chi connectivity index (χ3n) is 5.66. The lowest BCUT2D eigenvalue weighted by Crippen LogP contribution is -2.50. The zero-order valence-corrected chi connectivity index (χ0v) is 17.3. The first-order valence-electron chi connectivity index (χ1n) is 9.76. The molecule has 2 amide bonds. The molecule has 1 fully saturated rings. The molecule has 0 bridgehead atoms. The van der Waals surface area contributed by atoms with Crippen LogP contribution < -0.4 is 10.6 Å². The van der Waals surface area contributed by atoms with Gasteiger partial charge in [0.25, 0.3) is 11.8 Å². The molecule has 1 saturated carbocycles. The summed E-state index contributed by atoms with van der Waals surface area (Å²) in [5.74, 6) is 1.02. The third-order valence-corrected chi connectivity index (χ3v) is 5.66. The maximum atomic E-state index is 12.6. The van der Waals surface area contributed by atoms with Crippen LogP contribution >= 0.6 is 0 Å². The SMILES string of the molecule is Cc1occc1C(=O)NCC1(C)CC(NC(=O)c2ccoc2C)CC(C)(C)C1. The van der Waals surface area contributed by atoms with E-state index in [2.05, 4.69) is 31.4 Å². The molecule has 2 heterocycles. The number of aryl methyl sites for hydroxylation is 2. The van der Waals surface area contributed by atoms with Crippen molar-refractivity contribution in [3.63, 3.8) is 0 Å². The fourth-order valence-electron chi connectivity index (χ4n) is 4.76. The van der Waals surface area contributed by atoms with Gasteiger partial charge in [0.2, 0.25) is 0 Å². The molecular weight excluding hydrogens is 356 g/mol. The van der Waals surface area contributed by atoms with Gasteiger partial charge >= 0.3 is 0 Å². The number of amides is 2. The van der Waals surface area contributed by atoms with Crippen molar-refractivity contribution < 1.29 is 18.4 Å². The van der Waals surface area contributed by atoms with Crippen molar-refractivity contribution in [1.82, 2.24) is 10.6 Å². The van der Waals surface area contributed by atoms with Crippen molar-refractivity contribution in [2.45, 2.75) is 59.9 Å². The van der Waals surface area contributed by atoms with Gasteiger partial charge in [-0.1, -0.05) is 20.8 Å². The standard InChI is InChI=1S/C22H30N2O4/c1-14-17(6-8-27-14)19(25)23-13-22(5)11-16(10-21(3,4)12-22)24-20(26)18-7-9-28-15(18)2/h6-9,16H,10-13H2,1-5H3,(H,23,25)(H,24,26). The van der Waals surface area contributed by atoms with E-state index in [9.17, 15) is 9.59 Å². The smallest absolute Gasteiger partial charge is 0.255 e. The van der Waals surface area contributed by atoms with Gasteiger partial charge in [0.15, 0.2) is 0 Å². The van der Waals surface area contributed by atoms with Crippen molar-refractivity contribution in [1.29, 1.82) is 0 Å². The fourth-order valence-corrected chi connectivity index (χ4v) is 4.76. The largest absolute Gasteiger partial charge is 0.469 e. The van der Waals surface area contributed by atoms with Crippen molar-refractivity contribution in [2.24, 2.45) is 10.8 Å². The van der Waals surface area contributed by atoms with E-state index < -0.39 is 0 Å². The van der Waals surface area contributed by atoms with Crippen LogP contribution in [-0.2, 0) is 0 Å². The maximum absolute atomic E-state index is 12.6. The summed E-state index contributed by atoms with van der Waals surface area (Å²) in [6, 6.07) is 3.43. The summed E-state index contributed by atoms with van der Waals surface area (Å²) in [5, 5.41) is 6.23. The van der Waals surface area contributed by atoms with Crippen LogP contribution in [0.1, 0.15) is 72.3 Å². The number of furan rings is 2. The number of hydrogen-bond donors (Lipinski definition) is 2. The molecule has 2 aromatic rings. The van der Waals surface area contributed by atoms with Crippen molar-refractivity contribution >= 4 is 11.8 Å². The average Bonchev–Trinajstić information content (AvgIpc) is 3.19. The number of hydrogen-bond acceptors (Lipinski definition) is 4. The van der Waals surface area contributed by atoms with Gasteiger partial charge in [-0.15, -0.1) is 0 Å². The molecule has 1 aliphatic carbocycles. The summed E-state index contributed by atoms with van der Waals surface area (Å²) in [7, 11) is 0. The molecule has 2 aromatic heterocycles. The molecule has 0 radical (unpaired) electrons. The molecular formula is C22H30N2O4. The first-order valence-corrected chi connectivity index (χ1v) is 9.76. The van der Waals surface area contributed by atoms with Crippen molar-refractivity contribution in [3.05, 3.63) is 47.3 Å². The molecule has 6 nitrogen and oxygen atoms in total. The minimum Gasteiger partial charge on any atom is -0.469 e. The van der Waals surface area contributed by atoms with Gasteiger partial charge in [0, 0.05) is 12.6 Å². The van der Waals surface area contributed by atoms with E-state index in [1.54, 1.807) is 26.0 Å². The van der Waals surface area contributed by atoms with Gasteiger partial charge in [-0.25, -0.2) is 0 Å². The second-order valence-electron chi connectivity index (χ2n) is 9.19. The van der Waals surface area contributed by atoms with Crippen LogP contribution in [0.15, 0.2) is 33.5 Å². The highest BCUT2D eigenvalue weighted by molar-refractivity contribution is 5.95. The first-order chi connectivity index (χ1) is 13.1. The Bertz CT molecular complexity index is 864. The fraction of sp³-hybridized carbons (Fsp3) is 0.545. The molecule has 152 valence electrons. The normalized spacial score (nSPS) is 24.0. The lowest BCUT2D eigenvalue weighted by molar-refractivity contribution is 0.0591. The first kappa shape index (κ1) is 20.2. The molecule has 0 saturated heterocycles. The van der Waals surface area contributed by atoms with Crippen LogP contribution in [0.3, 0.4) is 0 Å². The second-order valence-corrected chi connectivity index (χ2v) is 9.19. The Labute approximate surface area is 166 Å². The van der Waals surface area contributed by atoms with Gasteiger partial charge < -0.3 is 19.5 Å². The van der Waals surface area contributed by atoms with Crippen LogP contribution in [0.2, 0.25) is 0 Å². The molecule has 2 unspecified atom stereocenters. The van der Waals surface area contributed by atoms with E-state index >= 15 is 0 Å². The summed E-state index contributed by atoms with van der Waals surface area (Å²) in [6.07, 6.45) is 5.75. The topological polar surface area (TPSA) is 84.5 Å². The molecule has 0 spiro atoms. The molecule has 0 aliphatic heterocycles. The highest BCUT2D eigenvalue weighted by Gasteiger charge is 2.42. The predicted octanol–water partition coefficient (Wildman–Crippen LogP) is 4.23. The summed E-state index contributed by atoms with van der Waals surface area (Å²) in [4.78, 5) is 25.1. The van der Waals surface area contributed by atoms with Crippen molar-refractivity contribution in [3.8, 4) is 0 Å². The number of carbonyl (C=O) groups excluding carboxylic acids is 2. The Kier molecular flexibility index (Phi) is 5.41. The minimum absolute atomic E-state index is 0.0445. The Morgan fingerprint density at radius 1 is 1.00 bits per heavy atom. The molecule has 0 aromatic carbocycles. The van der Waals surface area contributed by atoms with Crippen LogP contribution in [0.25, 0.3) is 0 Å². The zero-order chi connectivity index (χ0) is 20.5. The van der Waals surface area contributed by atoms with Gasteiger partial charge in [0.05, 0.1) is 23.7 Å². The minimum atomic E-state index is -0.120. The molecule has 1 aliphatic rings. The molecule has 2 atom stereocenters. The van der Waals surface area contributed by atoms with Gasteiger partial charge in [-0.2, -0.15) is 0 Å². The van der Waals surface area contributed by atoms with Gasteiger partial charge in [-0.3, -0.25) is 9.59 Å². The lowest BCUT2D eigenvalue weighted by Gasteiger charge is -2.47. The zero-order valence-electron chi connectivity index (χ0n) is 17.3. The predicted molar refractivity (Wildman–Crippen MR) is 106 cm³/mol. The van der Waals surface area contributed by atoms with Crippen LogP contribution in [0.5, 0.6) is 0 Å². The second kappa shape index (κ2) is 7.49. The quantitative estimate of drug-likeness (QED) is 0.805. The third kappa shape index (κ3) is 4.49. The summed E-state index contributed by atoms with van der Waals surface area (Å²) < 4.78 is 10.5. The highest BCUT2D eigenvalue weighted by Crippen LogP contribution is 2.45. The van der Waals surface area contributed by atoms with E-state index in [0.717, 1.165) is 19.3 Å². The molecule has 3 rings (SSSR count). The van der Waals surface area contributed by atoms with Gasteiger partial charge in [0.1, 0.15) is 11.5 Å². The number of nitrogens with one attached hydrogen (secondary N) is 2. The van der Waals surface area contributed by atoms with E-state index in [4.69, 9.17) is 8.83 Å². The Morgan fingerprint density at radius 2 is 1.57 bits per heavy atom. The van der Waals surface area contributed by atoms with E-state index in [-0.39, 0.29) is 28.7 Å². The Morgan fingerprint density at radius 3 is 2.11 bits per heavy atom. The summed E-state index contributed by atoms with van der Waals surface area (Å²) >= 11 is 0. The van der Waals surface area contributed by atoms with Crippen LogP contribution in [0.4, 0.5) is 0 Å². The maximum Gasteiger partial charge on any atom is 0.255 e. The summed E-state index contributed by atoms with van der Waals surface area (Å²) in [6.45, 7) is 10.7. The Balaban J connectivity index is 1.67. The van der Waals surface area contributed by atoms with E-state index in [0.29, 0.717) is 29.2 Å². The van der Waals surface area contributed by atoms with Gasteiger partial charge in [-0.05, 0) is 56.1 Å². The average molecular weight is 386 g/mol. The number of carbonyl (C=O) groups is 2. The van der Waals surface area contributed by atoms with E-state index in [1.165, 1.54) is 12.5 Å². The van der Waals surface area contributed by atoms with Crippen molar-refractivity contribution in [2.75, 3.05) is 6.54 Å². The highest BCUT2D eigenvalue weighted by atomic mass is 16.3. The lowest BCUT2D eigenvalue weighted by atomic mass is 9.62. The van der Waals surface area contributed by atoms with Crippen LogP contribution in [-0.4, -0.2) is 24.4 Å².